The molecule has 1 fully saturated rings. The second-order valence-corrected chi connectivity index (χ2v) is 6.84. The molecule has 0 bridgehead atoms. The van der Waals surface area contributed by atoms with Crippen LogP contribution >= 0.6 is 24.0 Å². The number of nitrogens with zero attached hydrogens (tertiary/aromatic N) is 2. The van der Waals surface area contributed by atoms with Crippen LogP contribution in [0.5, 0.6) is 0 Å². The lowest BCUT2D eigenvalue weighted by atomic mass is 9.96. The summed E-state index contributed by atoms with van der Waals surface area (Å²) >= 11 is 0. The predicted molar refractivity (Wildman–Crippen MR) is 114 cm³/mol. The van der Waals surface area contributed by atoms with Gasteiger partial charge in [-0.1, -0.05) is 19.3 Å². The summed E-state index contributed by atoms with van der Waals surface area (Å²) in [5.74, 6) is -0.420. The van der Waals surface area contributed by atoms with E-state index in [9.17, 15) is 13.6 Å². The van der Waals surface area contributed by atoms with Gasteiger partial charge < -0.3 is 15.5 Å². The minimum absolute atomic E-state index is 0. The Labute approximate surface area is 177 Å². The van der Waals surface area contributed by atoms with Crippen molar-refractivity contribution in [1.82, 2.24) is 15.5 Å². The summed E-state index contributed by atoms with van der Waals surface area (Å²) in [6.07, 6.45) is 6.07. The molecule has 1 aromatic rings. The summed E-state index contributed by atoms with van der Waals surface area (Å²) in [5, 5.41) is 6.50. The number of guanidine groups is 1. The number of amides is 1. The summed E-state index contributed by atoms with van der Waals surface area (Å²) in [5.41, 5.74) is 0.318. The number of likely N-dealkylation sites (N-methyl/N-ethyl adjacent to an activating group) is 1. The van der Waals surface area contributed by atoms with E-state index < -0.39 is 11.6 Å². The number of aliphatic imine (C=N–C) groups is 1. The lowest BCUT2D eigenvalue weighted by molar-refractivity contribution is -0.127. The van der Waals surface area contributed by atoms with Crippen molar-refractivity contribution in [3.63, 3.8) is 0 Å². The molecule has 0 saturated heterocycles. The van der Waals surface area contributed by atoms with Gasteiger partial charge >= 0.3 is 0 Å². The maximum Gasteiger partial charge on any atom is 0.243 e. The van der Waals surface area contributed by atoms with E-state index in [2.05, 4.69) is 15.6 Å². The van der Waals surface area contributed by atoms with Crippen LogP contribution < -0.4 is 10.6 Å². The number of nitrogens with one attached hydrogen (secondary N) is 2. The molecule has 0 heterocycles. The fourth-order valence-corrected chi connectivity index (χ4v) is 2.93. The maximum atomic E-state index is 13.7. The van der Waals surface area contributed by atoms with E-state index in [0.717, 1.165) is 25.0 Å². The van der Waals surface area contributed by atoms with Crippen molar-refractivity contribution in [2.24, 2.45) is 4.99 Å². The highest BCUT2D eigenvalue weighted by molar-refractivity contribution is 14.0. The quantitative estimate of drug-likeness (QED) is 0.363. The second-order valence-electron chi connectivity index (χ2n) is 6.84. The molecule has 1 saturated carbocycles. The molecule has 2 rings (SSSR count). The van der Waals surface area contributed by atoms with E-state index in [1.54, 1.807) is 14.1 Å². The van der Waals surface area contributed by atoms with E-state index in [-0.39, 0.29) is 36.4 Å². The number of hydrogen-bond acceptors (Lipinski definition) is 2. The normalized spacial score (nSPS) is 15.0. The third-order valence-corrected chi connectivity index (χ3v) is 4.51. The van der Waals surface area contributed by atoms with Gasteiger partial charge in [-0.25, -0.2) is 13.8 Å². The maximum absolute atomic E-state index is 13.7. The van der Waals surface area contributed by atoms with Crippen LogP contribution in [0.4, 0.5) is 8.78 Å². The van der Waals surface area contributed by atoms with Crippen molar-refractivity contribution in [2.45, 2.75) is 44.6 Å². The SMILES string of the molecule is CN(C)C(=O)CN=C(NCCc1cc(F)ccc1F)NC1CCCCC1.I. The largest absolute Gasteiger partial charge is 0.356 e. The van der Waals surface area contributed by atoms with Crippen LogP contribution in [0.1, 0.15) is 37.7 Å². The molecular formula is C19H29F2IN4O. The Balaban J connectivity index is 0.00000364. The molecule has 2 N–H and O–H groups in total. The molecule has 1 aliphatic rings. The zero-order valence-corrected chi connectivity index (χ0v) is 18.3. The van der Waals surface area contributed by atoms with Crippen LogP contribution in [0.25, 0.3) is 0 Å². The molecule has 8 heteroatoms. The highest BCUT2D eigenvalue weighted by Gasteiger charge is 2.15. The van der Waals surface area contributed by atoms with E-state index in [4.69, 9.17) is 0 Å². The van der Waals surface area contributed by atoms with Gasteiger partial charge in [0.1, 0.15) is 18.2 Å². The predicted octanol–water partition coefficient (Wildman–Crippen LogP) is 3.08. The molecule has 1 aromatic carbocycles. The Morgan fingerprint density at radius 1 is 1.22 bits per heavy atom. The van der Waals surface area contributed by atoms with Gasteiger partial charge in [0, 0.05) is 26.7 Å². The highest BCUT2D eigenvalue weighted by Crippen LogP contribution is 2.17. The van der Waals surface area contributed by atoms with Crippen molar-refractivity contribution in [1.29, 1.82) is 0 Å². The van der Waals surface area contributed by atoms with E-state index in [1.807, 2.05) is 0 Å². The third-order valence-electron chi connectivity index (χ3n) is 4.51. The van der Waals surface area contributed by atoms with Crippen LogP contribution in [0, 0.1) is 11.6 Å². The van der Waals surface area contributed by atoms with E-state index in [0.29, 0.717) is 30.5 Å². The first-order chi connectivity index (χ1) is 12.5. The average Bonchev–Trinajstić information content (AvgIpc) is 2.62. The van der Waals surface area contributed by atoms with Gasteiger partial charge in [0.15, 0.2) is 5.96 Å². The van der Waals surface area contributed by atoms with Crippen LogP contribution in [-0.2, 0) is 11.2 Å². The number of carbonyl (C=O) groups excluding carboxylic acids is 1. The van der Waals surface area contributed by atoms with Crippen molar-refractivity contribution in [2.75, 3.05) is 27.2 Å². The molecule has 27 heavy (non-hydrogen) atoms. The number of carbonyl (C=O) groups is 1. The van der Waals surface area contributed by atoms with Gasteiger partial charge in [-0.15, -0.1) is 24.0 Å². The van der Waals surface area contributed by atoms with Crippen LogP contribution in [0.15, 0.2) is 23.2 Å². The van der Waals surface area contributed by atoms with E-state index in [1.165, 1.54) is 30.2 Å². The first kappa shape index (κ1) is 23.6. The topological polar surface area (TPSA) is 56.7 Å². The van der Waals surface area contributed by atoms with Gasteiger partial charge in [-0.3, -0.25) is 4.79 Å². The molecule has 1 amide bonds. The summed E-state index contributed by atoms with van der Waals surface area (Å²) in [6, 6.07) is 3.78. The lowest BCUT2D eigenvalue weighted by Gasteiger charge is -2.25. The smallest absolute Gasteiger partial charge is 0.243 e. The van der Waals surface area contributed by atoms with Crippen LogP contribution in [0.2, 0.25) is 0 Å². The van der Waals surface area contributed by atoms with Crippen molar-refractivity contribution in [3.8, 4) is 0 Å². The van der Waals surface area contributed by atoms with Gasteiger partial charge in [-0.2, -0.15) is 0 Å². The molecule has 0 spiro atoms. The highest BCUT2D eigenvalue weighted by atomic mass is 127. The fraction of sp³-hybridized carbons (Fsp3) is 0.579. The molecule has 0 unspecified atom stereocenters. The molecule has 152 valence electrons. The monoisotopic (exact) mass is 494 g/mol. The molecule has 1 aliphatic carbocycles. The van der Waals surface area contributed by atoms with Gasteiger partial charge in [0.05, 0.1) is 0 Å². The first-order valence-corrected chi connectivity index (χ1v) is 9.14. The zero-order valence-electron chi connectivity index (χ0n) is 15.9. The minimum Gasteiger partial charge on any atom is -0.356 e. The van der Waals surface area contributed by atoms with E-state index >= 15 is 0 Å². The lowest BCUT2D eigenvalue weighted by Crippen LogP contribution is -2.45. The number of rotatable bonds is 6. The standard InChI is InChI=1S/C19H28F2N4O.HI/c1-25(2)18(26)13-23-19(24-16-6-4-3-5-7-16)22-11-10-14-12-15(20)8-9-17(14)21;/h8-9,12,16H,3-7,10-11,13H2,1-2H3,(H2,22,23,24);1H. The van der Waals surface area contributed by atoms with Gasteiger partial charge in [-0.05, 0) is 43.0 Å². The summed E-state index contributed by atoms with van der Waals surface area (Å²) < 4.78 is 27.0. The van der Waals surface area contributed by atoms with Crippen LogP contribution in [0.3, 0.4) is 0 Å². The number of benzene rings is 1. The van der Waals surface area contributed by atoms with Crippen molar-refractivity contribution in [3.05, 3.63) is 35.4 Å². The van der Waals surface area contributed by atoms with Crippen molar-refractivity contribution >= 4 is 35.8 Å². The van der Waals surface area contributed by atoms with Gasteiger partial charge in [0.25, 0.3) is 0 Å². The fourth-order valence-electron chi connectivity index (χ4n) is 2.93. The molecule has 0 atom stereocenters. The summed E-state index contributed by atoms with van der Waals surface area (Å²) in [6.45, 7) is 0.443. The third kappa shape index (κ3) is 8.40. The zero-order chi connectivity index (χ0) is 18.9. The average molecular weight is 494 g/mol. The Kier molecular flexibility index (Phi) is 10.6. The van der Waals surface area contributed by atoms with Gasteiger partial charge in [0.2, 0.25) is 5.91 Å². The number of halogens is 3. The minimum atomic E-state index is -0.452. The molecule has 5 nitrogen and oxygen atoms in total. The Morgan fingerprint density at radius 2 is 1.93 bits per heavy atom. The van der Waals surface area contributed by atoms with Crippen LogP contribution in [-0.4, -0.2) is 50.0 Å². The first-order valence-electron chi connectivity index (χ1n) is 9.14. The molecule has 0 radical (unpaired) electrons. The summed E-state index contributed by atoms with van der Waals surface area (Å²) in [7, 11) is 3.37. The Morgan fingerprint density at radius 3 is 2.59 bits per heavy atom. The molecule has 0 aromatic heterocycles. The molecule has 0 aliphatic heterocycles. The number of hydrogen-bond donors (Lipinski definition) is 2. The molecular weight excluding hydrogens is 465 g/mol. The Bertz CT molecular complexity index is 634. The Hall–Kier alpha value is -1.45. The summed E-state index contributed by atoms with van der Waals surface area (Å²) in [4.78, 5) is 17.6. The second kappa shape index (κ2) is 12.1. The van der Waals surface area contributed by atoms with Crippen molar-refractivity contribution < 1.29 is 13.6 Å².